The average Bonchev–Trinajstić information content (AvgIpc) is 2.08. The Morgan fingerprint density at radius 3 is 2.36 bits per heavy atom. The maximum atomic E-state index is 10.9. The Bertz CT molecular complexity index is 258. The van der Waals surface area contributed by atoms with E-state index in [1.54, 1.807) is 0 Å². The van der Waals surface area contributed by atoms with Gasteiger partial charge in [-0.1, -0.05) is 0 Å². The van der Waals surface area contributed by atoms with Gasteiger partial charge in [0.15, 0.2) is 5.78 Å². The fraction of sp³-hybridized carbons (Fsp3) is 0.444. The zero-order valence-corrected chi connectivity index (χ0v) is 8.20. The number of ketones is 1. The molecule has 0 aliphatic heterocycles. The average molecular weight is 199 g/mol. The summed E-state index contributed by atoms with van der Waals surface area (Å²) < 4.78 is 4.57. The van der Waals surface area contributed by atoms with Crippen LogP contribution in [0.5, 0.6) is 0 Å². The second-order valence-corrected chi connectivity index (χ2v) is 2.58. The number of allylic oxidation sites excluding steroid dienone is 1. The molecule has 5 nitrogen and oxygen atoms in total. The number of carbonyl (C=O) groups excluding carboxylic acids is 3. The standard InChI is InChI=1S/C9H13NO4/c1-7(11)3-4-9(13)10-5-6-14-8(2)12/h3-4H,5-6H2,1-2H3,(H,10,13)/b4-3-. The van der Waals surface area contributed by atoms with Gasteiger partial charge in [0.1, 0.15) is 6.61 Å². The number of nitrogens with one attached hydrogen (secondary N) is 1. The van der Waals surface area contributed by atoms with E-state index in [0.29, 0.717) is 0 Å². The smallest absolute Gasteiger partial charge is 0.302 e. The van der Waals surface area contributed by atoms with Crippen molar-refractivity contribution >= 4 is 17.7 Å². The minimum Gasteiger partial charge on any atom is -0.464 e. The molecule has 0 fully saturated rings. The van der Waals surface area contributed by atoms with Crippen LogP contribution in [-0.2, 0) is 19.1 Å². The van der Waals surface area contributed by atoms with Crippen LogP contribution in [0, 0.1) is 0 Å². The number of ether oxygens (including phenoxy) is 1. The zero-order chi connectivity index (χ0) is 11.0. The van der Waals surface area contributed by atoms with Crippen LogP contribution >= 0.6 is 0 Å². The first-order valence-corrected chi connectivity index (χ1v) is 4.12. The molecule has 5 heteroatoms. The number of rotatable bonds is 5. The summed E-state index contributed by atoms with van der Waals surface area (Å²) >= 11 is 0. The van der Waals surface area contributed by atoms with Crippen LogP contribution in [0.1, 0.15) is 13.8 Å². The van der Waals surface area contributed by atoms with E-state index in [0.717, 1.165) is 6.08 Å². The van der Waals surface area contributed by atoms with Crippen molar-refractivity contribution < 1.29 is 19.1 Å². The van der Waals surface area contributed by atoms with Gasteiger partial charge in [0.25, 0.3) is 0 Å². The predicted octanol–water partition coefficient (Wildman–Crippen LogP) is -0.189. The van der Waals surface area contributed by atoms with E-state index < -0.39 is 5.97 Å². The molecule has 0 atom stereocenters. The highest BCUT2D eigenvalue weighted by atomic mass is 16.5. The fourth-order valence-electron chi connectivity index (χ4n) is 0.621. The van der Waals surface area contributed by atoms with Crippen molar-refractivity contribution in [1.82, 2.24) is 5.32 Å². The van der Waals surface area contributed by atoms with Gasteiger partial charge in [0.05, 0.1) is 6.54 Å². The van der Waals surface area contributed by atoms with E-state index in [2.05, 4.69) is 10.1 Å². The Morgan fingerprint density at radius 1 is 1.21 bits per heavy atom. The largest absolute Gasteiger partial charge is 0.464 e. The highest BCUT2D eigenvalue weighted by molar-refractivity contribution is 5.96. The van der Waals surface area contributed by atoms with Crippen LogP contribution in [0.15, 0.2) is 12.2 Å². The molecule has 0 aliphatic carbocycles. The van der Waals surface area contributed by atoms with E-state index in [1.165, 1.54) is 19.9 Å². The highest BCUT2D eigenvalue weighted by Gasteiger charge is 1.96. The lowest BCUT2D eigenvalue weighted by atomic mass is 10.4. The van der Waals surface area contributed by atoms with Gasteiger partial charge in [0, 0.05) is 13.0 Å². The first-order chi connectivity index (χ1) is 6.52. The maximum absolute atomic E-state index is 10.9. The van der Waals surface area contributed by atoms with Crippen molar-refractivity contribution in [2.45, 2.75) is 13.8 Å². The monoisotopic (exact) mass is 199 g/mol. The summed E-state index contributed by atoms with van der Waals surface area (Å²) in [6.07, 6.45) is 2.30. The molecule has 0 heterocycles. The lowest BCUT2D eigenvalue weighted by Gasteiger charge is -2.01. The van der Waals surface area contributed by atoms with Gasteiger partial charge in [-0.3, -0.25) is 14.4 Å². The third-order valence-corrected chi connectivity index (χ3v) is 1.18. The molecule has 0 aliphatic rings. The fourth-order valence-corrected chi connectivity index (χ4v) is 0.621. The van der Waals surface area contributed by atoms with Crippen LogP contribution in [0.25, 0.3) is 0 Å². The molecule has 0 saturated carbocycles. The minimum absolute atomic E-state index is 0.134. The molecule has 14 heavy (non-hydrogen) atoms. The topological polar surface area (TPSA) is 72.5 Å². The van der Waals surface area contributed by atoms with Crippen LogP contribution < -0.4 is 5.32 Å². The highest BCUT2D eigenvalue weighted by Crippen LogP contribution is 1.77. The van der Waals surface area contributed by atoms with E-state index >= 15 is 0 Å². The minimum atomic E-state index is -0.390. The summed E-state index contributed by atoms with van der Waals surface area (Å²) in [6, 6.07) is 0. The van der Waals surface area contributed by atoms with Gasteiger partial charge in [-0.15, -0.1) is 0 Å². The van der Waals surface area contributed by atoms with Crippen LogP contribution in [0.4, 0.5) is 0 Å². The van der Waals surface area contributed by atoms with E-state index in [9.17, 15) is 14.4 Å². The summed E-state index contributed by atoms with van der Waals surface area (Å²) in [4.78, 5) is 31.6. The van der Waals surface area contributed by atoms with Crippen molar-refractivity contribution in [3.63, 3.8) is 0 Å². The Balaban J connectivity index is 3.55. The van der Waals surface area contributed by atoms with Gasteiger partial charge in [0.2, 0.25) is 5.91 Å². The van der Waals surface area contributed by atoms with E-state index in [1.807, 2.05) is 0 Å². The molecule has 78 valence electrons. The summed E-state index contributed by atoms with van der Waals surface area (Å²) in [5.74, 6) is -0.967. The Morgan fingerprint density at radius 2 is 1.86 bits per heavy atom. The van der Waals surface area contributed by atoms with Crippen molar-refractivity contribution in [1.29, 1.82) is 0 Å². The lowest BCUT2D eigenvalue weighted by molar-refractivity contribution is -0.141. The third kappa shape index (κ3) is 8.45. The molecule has 1 N–H and O–H groups in total. The first kappa shape index (κ1) is 12.3. The number of hydrogen-bond acceptors (Lipinski definition) is 4. The molecule has 0 spiro atoms. The van der Waals surface area contributed by atoms with Crippen molar-refractivity contribution in [2.75, 3.05) is 13.2 Å². The Kier molecular flexibility index (Phi) is 6.02. The summed E-state index contributed by atoms with van der Waals surface area (Å²) in [5.41, 5.74) is 0. The van der Waals surface area contributed by atoms with Crippen molar-refractivity contribution in [3.05, 3.63) is 12.2 Å². The predicted molar refractivity (Wildman–Crippen MR) is 49.5 cm³/mol. The molecule has 0 saturated heterocycles. The van der Waals surface area contributed by atoms with Gasteiger partial charge >= 0.3 is 5.97 Å². The molecule has 0 aromatic rings. The molecule has 0 aromatic carbocycles. The summed E-state index contributed by atoms with van der Waals surface area (Å²) in [6.45, 7) is 3.01. The quantitative estimate of drug-likeness (QED) is 0.378. The normalized spacial score (nSPS) is 9.86. The molecule has 0 radical (unpaired) electrons. The second kappa shape index (κ2) is 6.82. The SMILES string of the molecule is CC(=O)/C=C\C(=O)NCCOC(C)=O. The Hall–Kier alpha value is -1.65. The summed E-state index contributed by atoms with van der Waals surface area (Å²) in [5, 5.41) is 2.44. The van der Waals surface area contributed by atoms with Crippen molar-refractivity contribution in [3.8, 4) is 0 Å². The molecule has 0 unspecified atom stereocenters. The molecule has 0 aromatic heterocycles. The van der Waals surface area contributed by atoms with Crippen LogP contribution in [0.3, 0.4) is 0 Å². The third-order valence-electron chi connectivity index (χ3n) is 1.18. The van der Waals surface area contributed by atoms with Crippen LogP contribution in [0.2, 0.25) is 0 Å². The molecular formula is C9H13NO4. The second-order valence-electron chi connectivity index (χ2n) is 2.58. The molecule has 1 amide bonds. The maximum Gasteiger partial charge on any atom is 0.302 e. The van der Waals surface area contributed by atoms with E-state index in [4.69, 9.17) is 0 Å². The lowest BCUT2D eigenvalue weighted by Crippen LogP contribution is -2.26. The number of carbonyl (C=O) groups is 3. The molecule has 0 bridgehead atoms. The van der Waals surface area contributed by atoms with E-state index in [-0.39, 0.29) is 24.8 Å². The first-order valence-electron chi connectivity index (χ1n) is 4.12. The van der Waals surface area contributed by atoms with Gasteiger partial charge in [-0.2, -0.15) is 0 Å². The number of hydrogen-bond donors (Lipinski definition) is 1. The summed E-state index contributed by atoms with van der Waals surface area (Å²) in [7, 11) is 0. The zero-order valence-electron chi connectivity index (χ0n) is 8.20. The van der Waals surface area contributed by atoms with Crippen molar-refractivity contribution in [2.24, 2.45) is 0 Å². The van der Waals surface area contributed by atoms with Gasteiger partial charge in [-0.25, -0.2) is 0 Å². The number of amides is 1. The molecule has 0 rings (SSSR count). The number of esters is 1. The molecular weight excluding hydrogens is 186 g/mol. The van der Waals surface area contributed by atoms with Gasteiger partial charge in [-0.05, 0) is 13.0 Å². The Labute approximate surface area is 82.1 Å². The van der Waals surface area contributed by atoms with Crippen LogP contribution in [-0.4, -0.2) is 30.8 Å². The van der Waals surface area contributed by atoms with Gasteiger partial charge < -0.3 is 10.1 Å².